The number of ether oxygens (including phenoxy) is 1. The zero-order valence-corrected chi connectivity index (χ0v) is 30.7. The number of alkyl halides is 4. The van der Waals surface area contributed by atoms with E-state index in [9.17, 15) is 18.4 Å². The number of carbonyl (C=O) groups excluding carboxylic acids is 2. The first-order valence-corrected chi connectivity index (χ1v) is 19.4. The van der Waals surface area contributed by atoms with Crippen molar-refractivity contribution in [3.63, 3.8) is 0 Å². The summed E-state index contributed by atoms with van der Waals surface area (Å²) in [5, 5.41) is 3.03. The maximum atomic E-state index is 15.4. The number of anilines is 2. The summed E-state index contributed by atoms with van der Waals surface area (Å²) < 4.78 is 64.2. The Kier molecular flexibility index (Phi) is 8.70. The van der Waals surface area contributed by atoms with Crippen molar-refractivity contribution in [1.82, 2.24) is 20.2 Å². The topological polar surface area (TPSA) is 87.7 Å². The Hall–Kier alpha value is -3.28. The minimum Gasteiger partial charge on any atom is -0.490 e. The Morgan fingerprint density at radius 1 is 0.962 bits per heavy atom. The van der Waals surface area contributed by atoms with Gasteiger partial charge in [-0.15, -0.1) is 0 Å². The molecule has 2 aromatic rings. The highest BCUT2D eigenvalue weighted by molar-refractivity contribution is 6.00. The highest BCUT2D eigenvalue weighted by Crippen LogP contribution is 2.59. The molecule has 0 atom stereocenters. The summed E-state index contributed by atoms with van der Waals surface area (Å²) in [4.78, 5) is 40.1. The molecule has 1 saturated heterocycles. The Morgan fingerprint density at radius 2 is 1.60 bits per heavy atom. The standard InChI is InChI=1S/C40H51F4N5O3/c1-5-38(6-2)20-49(33-12-11-30(18-32(33)38)52-29-9-7-28(8-10-29)48-21-39(43,44)22-48)36-45-19-31(34(46-36)37(4,41)42)35(51)47-40(23(3)50)26-14-24-13-25(16-26)17-27(40)15-24/h11-12,18-19,24-29H,5-10,13-17,20-22H2,1-4H3,(H,47,51)/t24?,25?,26?,27?,28-,29-,40?. The smallest absolute Gasteiger partial charge is 0.287 e. The molecule has 9 rings (SSSR count). The number of rotatable bonds is 10. The molecule has 4 bridgehead atoms. The molecular formula is C40H51F4N5O3. The third-order valence-corrected chi connectivity index (χ3v) is 14.0. The number of likely N-dealkylation sites (tertiary alicyclic amines) is 1. The fraction of sp³-hybridized carbons (Fsp3) is 0.700. The highest BCUT2D eigenvalue weighted by atomic mass is 19.3. The summed E-state index contributed by atoms with van der Waals surface area (Å²) in [6, 6.07) is 6.04. The molecule has 6 fully saturated rings. The van der Waals surface area contributed by atoms with Crippen LogP contribution in [-0.2, 0) is 16.1 Å². The second-order valence-corrected chi connectivity index (χ2v) is 17.1. The predicted molar refractivity (Wildman–Crippen MR) is 188 cm³/mol. The Morgan fingerprint density at radius 3 is 2.15 bits per heavy atom. The highest BCUT2D eigenvalue weighted by Gasteiger charge is 2.60. The summed E-state index contributed by atoms with van der Waals surface area (Å²) in [6.07, 6.45) is 10.7. The van der Waals surface area contributed by atoms with Crippen molar-refractivity contribution >= 4 is 23.3 Å². The van der Waals surface area contributed by atoms with Gasteiger partial charge in [0.05, 0.1) is 24.8 Å². The van der Waals surface area contributed by atoms with Crippen LogP contribution < -0.4 is 15.0 Å². The van der Waals surface area contributed by atoms with E-state index >= 15 is 8.78 Å². The molecule has 282 valence electrons. The van der Waals surface area contributed by atoms with Gasteiger partial charge in [-0.25, -0.2) is 18.7 Å². The first-order chi connectivity index (χ1) is 24.6. The van der Waals surface area contributed by atoms with Gasteiger partial charge in [0.2, 0.25) is 5.95 Å². The molecule has 8 nitrogen and oxygen atoms in total. The first-order valence-electron chi connectivity index (χ1n) is 19.4. The van der Waals surface area contributed by atoms with Crippen LogP contribution >= 0.6 is 0 Å². The lowest BCUT2D eigenvalue weighted by molar-refractivity contribution is -0.151. The van der Waals surface area contributed by atoms with E-state index in [-0.39, 0.29) is 59.8 Å². The molecule has 1 aromatic carbocycles. The number of carbonyl (C=O) groups is 2. The van der Waals surface area contributed by atoms with Crippen LogP contribution in [0.4, 0.5) is 29.2 Å². The summed E-state index contributed by atoms with van der Waals surface area (Å²) in [5.74, 6) is -4.86. The monoisotopic (exact) mass is 725 g/mol. The molecule has 52 heavy (non-hydrogen) atoms. The van der Waals surface area contributed by atoms with Crippen LogP contribution in [0.2, 0.25) is 0 Å². The fourth-order valence-electron chi connectivity index (χ4n) is 11.3. The van der Waals surface area contributed by atoms with Gasteiger partial charge >= 0.3 is 0 Å². The van der Waals surface area contributed by atoms with Crippen molar-refractivity contribution < 1.29 is 31.9 Å². The van der Waals surface area contributed by atoms with Crippen molar-refractivity contribution in [2.75, 3.05) is 24.5 Å². The molecule has 0 radical (unpaired) electrons. The molecule has 12 heteroatoms. The Balaban J connectivity index is 1.04. The van der Waals surface area contributed by atoms with Crippen molar-refractivity contribution in [2.45, 2.75) is 133 Å². The molecule has 1 aromatic heterocycles. The third kappa shape index (κ3) is 5.89. The normalized spacial score (nSPS) is 33.0. The quantitative estimate of drug-likeness (QED) is 0.249. The molecule has 2 aliphatic heterocycles. The average molecular weight is 726 g/mol. The Bertz CT molecular complexity index is 1700. The largest absolute Gasteiger partial charge is 0.490 e. The maximum absolute atomic E-state index is 15.4. The average Bonchev–Trinajstić information content (AvgIpc) is 3.42. The minimum atomic E-state index is -3.44. The van der Waals surface area contributed by atoms with Gasteiger partial charge in [0.15, 0.2) is 5.78 Å². The molecule has 3 heterocycles. The number of nitrogens with zero attached hydrogens (tertiary/aromatic N) is 4. The van der Waals surface area contributed by atoms with Crippen LogP contribution in [-0.4, -0.2) is 69.8 Å². The van der Waals surface area contributed by atoms with Crippen molar-refractivity contribution in [3.8, 4) is 5.75 Å². The molecular weight excluding hydrogens is 674 g/mol. The second kappa shape index (κ2) is 12.7. The zero-order chi connectivity index (χ0) is 36.8. The predicted octanol–water partition coefficient (Wildman–Crippen LogP) is 7.95. The molecule has 0 spiro atoms. The number of nitrogens with one attached hydrogen (secondary N) is 1. The fourth-order valence-corrected chi connectivity index (χ4v) is 11.3. The van der Waals surface area contributed by atoms with E-state index in [2.05, 4.69) is 29.1 Å². The second-order valence-electron chi connectivity index (χ2n) is 17.1. The van der Waals surface area contributed by atoms with Crippen LogP contribution in [0.15, 0.2) is 24.4 Å². The number of ketones is 1. The lowest BCUT2D eigenvalue weighted by Crippen LogP contribution is -2.69. The van der Waals surface area contributed by atoms with Crippen LogP contribution in [0.3, 0.4) is 0 Å². The molecule has 1 N–H and O–H groups in total. The zero-order valence-electron chi connectivity index (χ0n) is 30.7. The van der Waals surface area contributed by atoms with E-state index in [1.807, 2.05) is 28.0 Å². The Labute approximate surface area is 303 Å². The first kappa shape index (κ1) is 35.7. The van der Waals surface area contributed by atoms with E-state index in [1.54, 1.807) is 0 Å². The van der Waals surface area contributed by atoms with E-state index in [0.29, 0.717) is 18.4 Å². The van der Waals surface area contributed by atoms with Crippen LogP contribution in [0.5, 0.6) is 5.75 Å². The number of amides is 1. The number of hydrogen-bond acceptors (Lipinski definition) is 7. The van der Waals surface area contributed by atoms with E-state index in [0.717, 1.165) is 88.1 Å². The van der Waals surface area contributed by atoms with Crippen molar-refractivity contribution in [1.29, 1.82) is 0 Å². The van der Waals surface area contributed by atoms with Crippen LogP contribution in [0.1, 0.15) is 120 Å². The van der Waals surface area contributed by atoms with E-state index in [1.165, 1.54) is 19.5 Å². The molecule has 5 saturated carbocycles. The number of benzene rings is 1. The summed E-state index contributed by atoms with van der Waals surface area (Å²) in [5.41, 5.74) is -0.468. The number of aromatic nitrogens is 2. The summed E-state index contributed by atoms with van der Waals surface area (Å²) >= 11 is 0. The molecule has 1 amide bonds. The van der Waals surface area contributed by atoms with Gasteiger partial charge in [-0.1, -0.05) is 13.8 Å². The summed E-state index contributed by atoms with van der Waals surface area (Å²) in [6.45, 7) is 6.66. The van der Waals surface area contributed by atoms with E-state index < -0.39 is 29.0 Å². The number of halogens is 4. The van der Waals surface area contributed by atoms with Gasteiger partial charge in [0.25, 0.3) is 17.8 Å². The van der Waals surface area contributed by atoms with Gasteiger partial charge in [-0.05, 0) is 125 Å². The summed E-state index contributed by atoms with van der Waals surface area (Å²) in [7, 11) is 0. The molecule has 0 unspecified atom stereocenters. The lowest BCUT2D eigenvalue weighted by atomic mass is 9.47. The minimum absolute atomic E-state index is 0.0105. The number of fused-ring (bicyclic) bond motifs is 1. The SMILES string of the molecule is CCC1(CC)CN(c2ncc(C(=O)NC3(C(C)=O)C4CC5CC(C4)CC3C5)c(C(C)(F)F)n2)c2ccc(O[C@H]3CC[C@H](N4CC(F)(F)C4)CC3)cc21. The van der Waals surface area contributed by atoms with Gasteiger partial charge < -0.3 is 15.0 Å². The van der Waals surface area contributed by atoms with Crippen LogP contribution in [0, 0.1) is 23.7 Å². The lowest BCUT2D eigenvalue weighted by Gasteiger charge is -2.60. The van der Waals surface area contributed by atoms with E-state index in [4.69, 9.17) is 4.74 Å². The van der Waals surface area contributed by atoms with Gasteiger partial charge in [-0.3, -0.25) is 14.5 Å². The maximum Gasteiger partial charge on any atom is 0.287 e. The molecule has 7 aliphatic rings. The van der Waals surface area contributed by atoms with Gasteiger partial charge in [0, 0.05) is 36.8 Å². The van der Waals surface area contributed by atoms with Gasteiger partial charge in [0.1, 0.15) is 17.0 Å². The van der Waals surface area contributed by atoms with Crippen molar-refractivity contribution in [2.24, 2.45) is 23.7 Å². The van der Waals surface area contributed by atoms with Crippen LogP contribution in [0.25, 0.3) is 0 Å². The number of hydrogen-bond donors (Lipinski definition) is 1. The van der Waals surface area contributed by atoms with Gasteiger partial charge in [-0.2, -0.15) is 8.78 Å². The third-order valence-electron chi connectivity index (χ3n) is 14.0. The number of Topliss-reactive ketones (excluding diaryl/α,β-unsaturated/α-hetero) is 1. The van der Waals surface area contributed by atoms with Crippen molar-refractivity contribution in [3.05, 3.63) is 41.2 Å². The molecule has 5 aliphatic carbocycles.